The maximum absolute atomic E-state index is 12.3. The highest BCUT2D eigenvalue weighted by atomic mass is 16.6. The van der Waals surface area contributed by atoms with Gasteiger partial charge in [-0.15, -0.1) is 10.2 Å². The Bertz CT molecular complexity index is 861. The van der Waals surface area contributed by atoms with Gasteiger partial charge in [-0.1, -0.05) is 18.2 Å². The third kappa shape index (κ3) is 2.57. The Morgan fingerprint density at radius 3 is 2.91 bits per heavy atom. The summed E-state index contributed by atoms with van der Waals surface area (Å²) in [5.74, 6) is 1.64. The topological polar surface area (TPSA) is 77.8 Å². The molecular formula is C16H14N4O3. The van der Waals surface area contributed by atoms with Crippen LogP contribution in [0.5, 0.6) is 11.5 Å². The standard InChI is InChI=1S/C16H14N4O3/c21-16(13-10-22-11-5-1-2-6-12(11)23-13)17-9-15-19-18-14-7-3-4-8-20(14)15/h1-8,13H,9-10H2,(H,17,21)/t13-/m1/s1. The summed E-state index contributed by atoms with van der Waals surface area (Å²) in [5.41, 5.74) is 0.739. The summed E-state index contributed by atoms with van der Waals surface area (Å²) in [7, 11) is 0. The Kier molecular flexibility index (Phi) is 3.30. The van der Waals surface area contributed by atoms with Gasteiger partial charge in [0.05, 0.1) is 6.54 Å². The molecule has 3 aromatic rings. The highest BCUT2D eigenvalue weighted by Crippen LogP contribution is 2.30. The lowest BCUT2D eigenvalue weighted by Gasteiger charge is -2.25. The van der Waals surface area contributed by atoms with Gasteiger partial charge < -0.3 is 14.8 Å². The summed E-state index contributed by atoms with van der Waals surface area (Å²) in [6, 6.07) is 12.9. The molecule has 3 heterocycles. The van der Waals surface area contributed by atoms with Crippen molar-refractivity contribution in [3.63, 3.8) is 0 Å². The van der Waals surface area contributed by atoms with E-state index >= 15 is 0 Å². The Hall–Kier alpha value is -3.09. The average molecular weight is 310 g/mol. The SMILES string of the molecule is O=C(NCc1nnc2ccccn12)[C@H]1COc2ccccc2O1. The number of hydrogen-bond donors (Lipinski definition) is 1. The molecule has 1 aliphatic heterocycles. The van der Waals surface area contributed by atoms with Gasteiger partial charge in [-0.25, -0.2) is 0 Å². The summed E-state index contributed by atoms with van der Waals surface area (Å²) < 4.78 is 13.0. The first kappa shape index (κ1) is 13.6. The van der Waals surface area contributed by atoms with Gasteiger partial charge in [-0.05, 0) is 24.3 Å². The number of rotatable bonds is 3. The van der Waals surface area contributed by atoms with Crippen molar-refractivity contribution in [2.45, 2.75) is 12.6 Å². The number of benzene rings is 1. The molecule has 2 aromatic heterocycles. The Labute approximate surface area is 131 Å². The molecule has 1 aliphatic rings. The zero-order chi connectivity index (χ0) is 15.6. The van der Waals surface area contributed by atoms with E-state index in [0.29, 0.717) is 17.3 Å². The molecule has 0 aliphatic carbocycles. The molecule has 4 rings (SSSR count). The van der Waals surface area contributed by atoms with Crippen LogP contribution in [0.2, 0.25) is 0 Å². The monoisotopic (exact) mass is 310 g/mol. The van der Waals surface area contributed by atoms with Gasteiger partial charge in [0.25, 0.3) is 5.91 Å². The smallest absolute Gasteiger partial charge is 0.265 e. The van der Waals surface area contributed by atoms with E-state index in [2.05, 4.69) is 15.5 Å². The van der Waals surface area contributed by atoms with E-state index in [1.165, 1.54) is 0 Å². The number of carbonyl (C=O) groups excluding carboxylic acids is 1. The molecule has 7 nitrogen and oxygen atoms in total. The predicted molar refractivity (Wildman–Crippen MR) is 81.2 cm³/mol. The summed E-state index contributed by atoms with van der Waals surface area (Å²) in [6.45, 7) is 0.453. The van der Waals surface area contributed by atoms with E-state index in [1.807, 2.05) is 47.0 Å². The Morgan fingerprint density at radius 1 is 1.17 bits per heavy atom. The van der Waals surface area contributed by atoms with Crippen molar-refractivity contribution >= 4 is 11.6 Å². The van der Waals surface area contributed by atoms with E-state index in [-0.39, 0.29) is 19.1 Å². The summed E-state index contributed by atoms with van der Waals surface area (Å²) in [5, 5.41) is 10.9. The van der Waals surface area contributed by atoms with E-state index < -0.39 is 6.10 Å². The molecule has 0 unspecified atom stereocenters. The minimum atomic E-state index is -0.677. The zero-order valence-corrected chi connectivity index (χ0v) is 12.2. The van der Waals surface area contributed by atoms with Crippen molar-refractivity contribution in [1.29, 1.82) is 0 Å². The molecule has 116 valence electrons. The van der Waals surface area contributed by atoms with Gasteiger partial charge in [0.1, 0.15) is 6.61 Å². The van der Waals surface area contributed by atoms with Crippen LogP contribution >= 0.6 is 0 Å². The first-order valence-electron chi connectivity index (χ1n) is 7.26. The maximum Gasteiger partial charge on any atom is 0.265 e. The first-order valence-corrected chi connectivity index (χ1v) is 7.26. The molecular weight excluding hydrogens is 296 g/mol. The lowest BCUT2D eigenvalue weighted by atomic mass is 10.2. The van der Waals surface area contributed by atoms with Gasteiger partial charge in [0, 0.05) is 6.20 Å². The highest BCUT2D eigenvalue weighted by molar-refractivity contribution is 5.81. The normalized spacial score (nSPS) is 16.3. The number of fused-ring (bicyclic) bond motifs is 2. The first-order chi connectivity index (χ1) is 11.3. The largest absolute Gasteiger partial charge is 0.485 e. The fourth-order valence-corrected chi connectivity index (χ4v) is 2.44. The van der Waals surface area contributed by atoms with Gasteiger partial charge in [-0.2, -0.15) is 0 Å². The van der Waals surface area contributed by atoms with Crippen LogP contribution in [0.15, 0.2) is 48.7 Å². The highest BCUT2D eigenvalue weighted by Gasteiger charge is 2.27. The summed E-state index contributed by atoms with van der Waals surface area (Å²) in [6.07, 6.45) is 1.18. The fraction of sp³-hybridized carbons (Fsp3) is 0.188. The van der Waals surface area contributed by atoms with Crippen LogP contribution < -0.4 is 14.8 Å². The lowest BCUT2D eigenvalue weighted by molar-refractivity contribution is -0.130. The van der Waals surface area contributed by atoms with Crippen molar-refractivity contribution in [2.75, 3.05) is 6.61 Å². The molecule has 0 fully saturated rings. The number of hydrogen-bond acceptors (Lipinski definition) is 5. The van der Waals surface area contributed by atoms with Crippen molar-refractivity contribution in [3.05, 3.63) is 54.5 Å². The molecule has 23 heavy (non-hydrogen) atoms. The summed E-state index contributed by atoms with van der Waals surface area (Å²) in [4.78, 5) is 12.3. The van der Waals surface area contributed by atoms with Crippen LogP contribution in [0.3, 0.4) is 0 Å². The van der Waals surface area contributed by atoms with Crippen LogP contribution in [0.1, 0.15) is 5.82 Å². The minimum Gasteiger partial charge on any atom is -0.485 e. The molecule has 0 spiro atoms. The second-order valence-electron chi connectivity index (χ2n) is 5.13. The van der Waals surface area contributed by atoms with Crippen LogP contribution in [-0.4, -0.2) is 33.2 Å². The van der Waals surface area contributed by atoms with Gasteiger partial charge in [0.15, 0.2) is 23.0 Å². The van der Waals surface area contributed by atoms with Crippen molar-refractivity contribution < 1.29 is 14.3 Å². The minimum absolute atomic E-state index is 0.184. The Morgan fingerprint density at radius 2 is 2.00 bits per heavy atom. The third-order valence-electron chi connectivity index (χ3n) is 3.61. The maximum atomic E-state index is 12.3. The number of aromatic nitrogens is 3. The average Bonchev–Trinajstić information content (AvgIpc) is 3.02. The molecule has 1 N–H and O–H groups in total. The van der Waals surface area contributed by atoms with Crippen LogP contribution in [0, 0.1) is 0 Å². The Balaban J connectivity index is 1.43. The van der Waals surface area contributed by atoms with Crippen LogP contribution in [0.4, 0.5) is 0 Å². The van der Waals surface area contributed by atoms with Crippen LogP contribution in [0.25, 0.3) is 5.65 Å². The van der Waals surface area contributed by atoms with E-state index in [1.54, 1.807) is 6.07 Å². The van der Waals surface area contributed by atoms with Crippen molar-refractivity contribution in [2.24, 2.45) is 0 Å². The van der Waals surface area contributed by atoms with Gasteiger partial charge in [0.2, 0.25) is 6.10 Å². The molecule has 0 radical (unpaired) electrons. The molecule has 7 heteroatoms. The molecule has 0 bridgehead atoms. The zero-order valence-electron chi connectivity index (χ0n) is 12.2. The number of amides is 1. The van der Waals surface area contributed by atoms with Crippen LogP contribution in [-0.2, 0) is 11.3 Å². The molecule has 1 amide bonds. The molecule has 1 aromatic carbocycles. The molecule has 0 saturated carbocycles. The number of para-hydroxylation sites is 2. The van der Waals surface area contributed by atoms with Crippen molar-refractivity contribution in [1.82, 2.24) is 19.9 Å². The molecule has 1 atom stereocenters. The number of carbonyl (C=O) groups is 1. The van der Waals surface area contributed by atoms with E-state index in [0.717, 1.165) is 5.65 Å². The molecule has 0 saturated heterocycles. The lowest BCUT2D eigenvalue weighted by Crippen LogP contribution is -2.43. The third-order valence-corrected chi connectivity index (χ3v) is 3.61. The number of nitrogens with zero attached hydrogens (tertiary/aromatic N) is 3. The fourth-order valence-electron chi connectivity index (χ4n) is 2.44. The van der Waals surface area contributed by atoms with E-state index in [9.17, 15) is 4.79 Å². The van der Waals surface area contributed by atoms with Crippen molar-refractivity contribution in [3.8, 4) is 11.5 Å². The number of pyridine rings is 1. The second kappa shape index (κ2) is 5.60. The quantitative estimate of drug-likeness (QED) is 0.786. The summed E-state index contributed by atoms with van der Waals surface area (Å²) >= 11 is 0. The van der Waals surface area contributed by atoms with Gasteiger partial charge in [-0.3, -0.25) is 9.20 Å². The van der Waals surface area contributed by atoms with Gasteiger partial charge >= 0.3 is 0 Å². The van der Waals surface area contributed by atoms with E-state index in [4.69, 9.17) is 9.47 Å². The second-order valence-corrected chi connectivity index (χ2v) is 5.13. The number of ether oxygens (including phenoxy) is 2. The predicted octanol–water partition coefficient (Wildman–Crippen LogP) is 1.19. The number of nitrogens with one attached hydrogen (secondary N) is 1.